The molecule has 1 N–H and O–H groups in total. The van der Waals surface area contributed by atoms with Gasteiger partial charge in [-0.05, 0) is 43.2 Å². The maximum Gasteiger partial charge on any atom is 0.243 e. The van der Waals surface area contributed by atoms with Gasteiger partial charge >= 0.3 is 0 Å². The van der Waals surface area contributed by atoms with Gasteiger partial charge < -0.3 is 14.8 Å². The second-order valence-electron chi connectivity index (χ2n) is 6.87. The van der Waals surface area contributed by atoms with E-state index in [1.54, 1.807) is 24.3 Å². The SMILES string of the molecule is COc1ccc(S(=O)(=O)N2CCCC(C(=O)Nc3cc(Cl)cc(Cl)c3)C2)cc1OC. The molecule has 1 heterocycles. The normalized spacial score (nSPS) is 17.4. The van der Waals surface area contributed by atoms with E-state index in [1.807, 2.05) is 0 Å². The Morgan fingerprint density at radius 2 is 1.73 bits per heavy atom. The highest BCUT2D eigenvalue weighted by Crippen LogP contribution is 2.32. The highest BCUT2D eigenvalue weighted by molar-refractivity contribution is 7.89. The molecule has 10 heteroatoms. The van der Waals surface area contributed by atoms with Crippen LogP contribution in [0.2, 0.25) is 10.0 Å². The fourth-order valence-electron chi connectivity index (χ4n) is 3.37. The van der Waals surface area contributed by atoms with E-state index in [9.17, 15) is 13.2 Å². The molecule has 3 rings (SSSR count). The first-order valence-electron chi connectivity index (χ1n) is 9.23. The third-order valence-corrected chi connectivity index (χ3v) is 7.18. The zero-order valence-corrected chi connectivity index (χ0v) is 18.9. The summed E-state index contributed by atoms with van der Waals surface area (Å²) in [5.41, 5.74) is 0.470. The molecule has 2 aromatic carbocycles. The van der Waals surface area contributed by atoms with Crippen LogP contribution in [0.15, 0.2) is 41.3 Å². The first-order valence-corrected chi connectivity index (χ1v) is 11.4. The molecule has 0 aliphatic carbocycles. The molecule has 0 aromatic heterocycles. The zero-order valence-electron chi connectivity index (χ0n) is 16.5. The lowest BCUT2D eigenvalue weighted by molar-refractivity contribution is -0.120. The molecule has 2 aromatic rings. The molecule has 0 bridgehead atoms. The summed E-state index contributed by atoms with van der Waals surface area (Å²) in [7, 11) is -0.876. The average Bonchev–Trinajstić information content (AvgIpc) is 2.72. The molecule has 1 unspecified atom stereocenters. The number of benzene rings is 2. The van der Waals surface area contributed by atoms with Crippen molar-refractivity contribution in [2.75, 3.05) is 32.6 Å². The number of carbonyl (C=O) groups excluding carboxylic acids is 1. The molecule has 7 nitrogen and oxygen atoms in total. The van der Waals surface area contributed by atoms with Crippen molar-refractivity contribution in [3.63, 3.8) is 0 Å². The number of hydrogen-bond acceptors (Lipinski definition) is 5. The summed E-state index contributed by atoms with van der Waals surface area (Å²) in [5.74, 6) is -0.0118. The van der Waals surface area contributed by atoms with Crippen molar-refractivity contribution < 1.29 is 22.7 Å². The fraction of sp³-hybridized carbons (Fsp3) is 0.350. The van der Waals surface area contributed by atoms with Crippen molar-refractivity contribution in [1.82, 2.24) is 4.31 Å². The van der Waals surface area contributed by atoms with Crippen LogP contribution >= 0.6 is 23.2 Å². The lowest BCUT2D eigenvalue weighted by atomic mass is 9.99. The van der Waals surface area contributed by atoms with Crippen molar-refractivity contribution in [3.8, 4) is 11.5 Å². The minimum atomic E-state index is -3.80. The number of sulfonamides is 1. The summed E-state index contributed by atoms with van der Waals surface area (Å²) >= 11 is 11.9. The van der Waals surface area contributed by atoms with Gasteiger partial charge in [-0.15, -0.1) is 0 Å². The van der Waals surface area contributed by atoms with E-state index in [0.29, 0.717) is 46.6 Å². The third-order valence-electron chi connectivity index (χ3n) is 4.88. The lowest BCUT2D eigenvalue weighted by Crippen LogP contribution is -2.43. The van der Waals surface area contributed by atoms with Crippen LogP contribution in [0.3, 0.4) is 0 Å². The number of methoxy groups -OCH3 is 2. The van der Waals surface area contributed by atoms with Crippen LogP contribution in [0, 0.1) is 5.92 Å². The molecule has 1 aliphatic heterocycles. The van der Waals surface area contributed by atoms with Gasteiger partial charge in [0.2, 0.25) is 15.9 Å². The topological polar surface area (TPSA) is 84.9 Å². The van der Waals surface area contributed by atoms with Gasteiger partial charge in [0.05, 0.1) is 25.0 Å². The zero-order chi connectivity index (χ0) is 21.9. The number of piperidine rings is 1. The van der Waals surface area contributed by atoms with E-state index in [-0.39, 0.29) is 17.3 Å². The Hall–Kier alpha value is -2.00. The molecule has 1 atom stereocenters. The minimum Gasteiger partial charge on any atom is -0.493 e. The Kier molecular flexibility index (Phi) is 7.13. The summed E-state index contributed by atoms with van der Waals surface area (Å²) in [6, 6.07) is 9.18. The van der Waals surface area contributed by atoms with Crippen molar-refractivity contribution in [2.24, 2.45) is 5.92 Å². The Morgan fingerprint density at radius 1 is 1.07 bits per heavy atom. The number of nitrogens with one attached hydrogen (secondary N) is 1. The smallest absolute Gasteiger partial charge is 0.243 e. The lowest BCUT2D eigenvalue weighted by Gasteiger charge is -2.31. The Balaban J connectivity index is 1.77. The summed E-state index contributed by atoms with van der Waals surface area (Å²) in [6.07, 6.45) is 1.15. The number of carbonyl (C=O) groups is 1. The molecular formula is C20H22Cl2N2O5S. The molecule has 0 spiro atoms. The van der Waals surface area contributed by atoms with Crippen LogP contribution in [-0.2, 0) is 14.8 Å². The van der Waals surface area contributed by atoms with Gasteiger partial charge in [-0.25, -0.2) is 8.42 Å². The molecule has 1 saturated heterocycles. The minimum absolute atomic E-state index is 0.0802. The van der Waals surface area contributed by atoms with E-state index in [2.05, 4.69) is 5.32 Å². The molecule has 0 saturated carbocycles. The van der Waals surface area contributed by atoms with Crippen molar-refractivity contribution >= 4 is 44.8 Å². The largest absolute Gasteiger partial charge is 0.493 e. The van der Waals surface area contributed by atoms with Gasteiger partial charge in [0, 0.05) is 34.9 Å². The van der Waals surface area contributed by atoms with E-state index in [0.717, 1.165) is 0 Å². The summed E-state index contributed by atoms with van der Waals surface area (Å²) in [4.78, 5) is 12.8. The number of amides is 1. The molecule has 1 aliphatic rings. The van der Waals surface area contributed by atoms with Gasteiger partial charge in [-0.2, -0.15) is 4.31 Å². The fourth-order valence-corrected chi connectivity index (χ4v) is 5.44. The summed E-state index contributed by atoms with van der Waals surface area (Å²) < 4.78 is 38.0. The third kappa shape index (κ3) is 5.00. The standard InChI is InChI=1S/C20H22Cl2N2O5S/c1-28-18-6-5-17(11-19(18)29-2)30(26,27)24-7-3-4-13(12-24)20(25)23-16-9-14(21)8-15(22)10-16/h5-6,8-11,13H,3-4,7,12H2,1-2H3,(H,23,25). The molecular weight excluding hydrogens is 451 g/mol. The molecule has 1 fully saturated rings. The maximum absolute atomic E-state index is 13.1. The van der Waals surface area contributed by atoms with Crippen LogP contribution in [0.5, 0.6) is 11.5 Å². The number of ether oxygens (including phenoxy) is 2. The maximum atomic E-state index is 13.1. The van der Waals surface area contributed by atoms with Crippen molar-refractivity contribution in [1.29, 1.82) is 0 Å². The van der Waals surface area contributed by atoms with Gasteiger partial charge in [0.15, 0.2) is 11.5 Å². The number of halogens is 2. The molecule has 30 heavy (non-hydrogen) atoms. The van der Waals surface area contributed by atoms with Crippen LogP contribution in [0.4, 0.5) is 5.69 Å². The van der Waals surface area contributed by atoms with Crippen LogP contribution in [0.25, 0.3) is 0 Å². The van der Waals surface area contributed by atoms with Crippen LogP contribution in [0.1, 0.15) is 12.8 Å². The van der Waals surface area contributed by atoms with Crippen molar-refractivity contribution in [2.45, 2.75) is 17.7 Å². The quantitative estimate of drug-likeness (QED) is 0.685. The molecule has 1 amide bonds. The average molecular weight is 473 g/mol. The molecule has 0 radical (unpaired) electrons. The Morgan fingerprint density at radius 3 is 2.37 bits per heavy atom. The Labute approximate surface area is 185 Å². The van der Waals surface area contributed by atoms with E-state index in [4.69, 9.17) is 32.7 Å². The highest BCUT2D eigenvalue weighted by Gasteiger charge is 2.34. The predicted molar refractivity (Wildman–Crippen MR) is 116 cm³/mol. The number of nitrogens with zero attached hydrogens (tertiary/aromatic N) is 1. The summed E-state index contributed by atoms with van der Waals surface area (Å²) in [6.45, 7) is 0.417. The van der Waals surface area contributed by atoms with E-state index < -0.39 is 15.9 Å². The highest BCUT2D eigenvalue weighted by atomic mass is 35.5. The van der Waals surface area contributed by atoms with Gasteiger partial charge in [-0.1, -0.05) is 23.2 Å². The number of hydrogen-bond donors (Lipinski definition) is 1. The summed E-state index contributed by atoms with van der Waals surface area (Å²) in [5, 5.41) is 3.58. The van der Waals surface area contributed by atoms with Gasteiger partial charge in [0.1, 0.15) is 0 Å². The monoisotopic (exact) mass is 472 g/mol. The number of anilines is 1. The second kappa shape index (κ2) is 9.43. The first kappa shape index (κ1) is 22.7. The Bertz CT molecular complexity index is 1030. The van der Waals surface area contributed by atoms with Gasteiger partial charge in [-0.3, -0.25) is 4.79 Å². The first-order chi connectivity index (χ1) is 14.2. The van der Waals surface area contributed by atoms with Crippen LogP contribution < -0.4 is 14.8 Å². The number of rotatable bonds is 6. The van der Waals surface area contributed by atoms with E-state index >= 15 is 0 Å². The van der Waals surface area contributed by atoms with E-state index in [1.165, 1.54) is 30.7 Å². The van der Waals surface area contributed by atoms with Crippen molar-refractivity contribution in [3.05, 3.63) is 46.4 Å². The van der Waals surface area contributed by atoms with Crippen LogP contribution in [-0.4, -0.2) is 45.9 Å². The second-order valence-corrected chi connectivity index (χ2v) is 9.68. The van der Waals surface area contributed by atoms with Gasteiger partial charge in [0.25, 0.3) is 0 Å². The molecule has 162 valence electrons. The predicted octanol–water partition coefficient (Wildman–Crippen LogP) is 4.05.